The molecule has 0 N–H and O–H groups in total. The van der Waals surface area contributed by atoms with E-state index in [-0.39, 0.29) is 0 Å². The Kier molecular flexibility index (Phi) is 13.4. The van der Waals surface area contributed by atoms with Gasteiger partial charge in [0, 0.05) is 12.8 Å². The molecule has 0 aliphatic rings. The molecule has 5 aromatic rings. The quantitative estimate of drug-likeness (QED) is 0.0815. The second-order valence-electron chi connectivity index (χ2n) is 15.2. The van der Waals surface area contributed by atoms with E-state index in [1.54, 1.807) is 0 Å². The largest absolute Gasteiger partial charge is 0.494 e. The van der Waals surface area contributed by atoms with E-state index in [0.29, 0.717) is 36.5 Å². The van der Waals surface area contributed by atoms with Crippen LogP contribution < -0.4 is 9.47 Å². The van der Waals surface area contributed by atoms with Crippen LogP contribution in [0.15, 0.2) is 57.4 Å². The van der Waals surface area contributed by atoms with Crippen LogP contribution in [0.4, 0.5) is 0 Å². The summed E-state index contributed by atoms with van der Waals surface area (Å²) in [7, 11) is 0. The molecule has 6 nitrogen and oxygen atoms in total. The molecule has 0 saturated heterocycles. The van der Waals surface area contributed by atoms with Crippen LogP contribution in [0.1, 0.15) is 119 Å². The van der Waals surface area contributed by atoms with Gasteiger partial charge < -0.3 is 18.3 Å². The van der Waals surface area contributed by atoms with E-state index < -0.39 is 0 Å². The summed E-state index contributed by atoms with van der Waals surface area (Å²) in [6, 6.07) is 16.6. The van der Waals surface area contributed by atoms with E-state index >= 15 is 0 Å². The van der Waals surface area contributed by atoms with Gasteiger partial charge in [0.1, 0.15) is 22.5 Å². The Hall–Kier alpha value is -3.80. The first kappa shape index (κ1) is 37.5. The Morgan fingerprint density at radius 1 is 0.520 bits per heavy atom. The number of benzene rings is 3. The highest BCUT2D eigenvalue weighted by Gasteiger charge is 2.26. The van der Waals surface area contributed by atoms with Gasteiger partial charge in [0.2, 0.25) is 0 Å². The van der Waals surface area contributed by atoms with Gasteiger partial charge in [0.25, 0.3) is 0 Å². The van der Waals surface area contributed by atoms with Crippen LogP contribution >= 0.6 is 0 Å². The first-order valence-electron chi connectivity index (χ1n) is 19.4. The van der Waals surface area contributed by atoms with Crippen LogP contribution in [-0.4, -0.2) is 23.2 Å². The Morgan fingerprint density at radius 3 is 1.24 bits per heavy atom. The van der Waals surface area contributed by atoms with Crippen LogP contribution in [0.2, 0.25) is 0 Å². The summed E-state index contributed by atoms with van der Waals surface area (Å²) < 4.78 is 25.3. The van der Waals surface area contributed by atoms with Gasteiger partial charge in [-0.05, 0) is 71.9 Å². The number of hydrogen-bond acceptors (Lipinski definition) is 6. The number of nitrogens with zero attached hydrogens (tertiary/aromatic N) is 2. The Morgan fingerprint density at radius 2 is 0.900 bits per heavy atom. The minimum Gasteiger partial charge on any atom is -0.494 e. The third kappa shape index (κ3) is 9.70. The van der Waals surface area contributed by atoms with E-state index in [4.69, 9.17) is 28.3 Å². The van der Waals surface area contributed by atoms with E-state index in [9.17, 15) is 0 Å². The monoisotopic (exact) mass is 680 g/mol. The molecule has 5 rings (SSSR count). The van der Waals surface area contributed by atoms with Crippen molar-refractivity contribution >= 4 is 22.2 Å². The molecule has 270 valence electrons. The van der Waals surface area contributed by atoms with E-state index in [1.165, 1.54) is 38.5 Å². The highest BCUT2D eigenvalue weighted by molar-refractivity contribution is 6.15. The molecule has 3 aromatic carbocycles. The minimum absolute atomic E-state index is 0.661. The Balaban J connectivity index is 1.37. The van der Waals surface area contributed by atoms with Crippen molar-refractivity contribution in [1.29, 1.82) is 0 Å². The van der Waals surface area contributed by atoms with E-state index in [1.807, 2.05) is 24.3 Å². The molecule has 2 atom stereocenters. The number of aromatic nitrogens is 2. The summed E-state index contributed by atoms with van der Waals surface area (Å²) in [4.78, 5) is 10.0. The van der Waals surface area contributed by atoms with Gasteiger partial charge >= 0.3 is 0 Å². The summed E-state index contributed by atoms with van der Waals surface area (Å²) in [5.74, 6) is 5.99. The van der Waals surface area contributed by atoms with E-state index in [2.05, 4.69) is 79.7 Å². The van der Waals surface area contributed by atoms with Crippen molar-refractivity contribution in [3.8, 4) is 33.8 Å². The van der Waals surface area contributed by atoms with Gasteiger partial charge in [-0.2, -0.15) is 0 Å². The normalized spacial score (nSPS) is 13.2. The van der Waals surface area contributed by atoms with Crippen molar-refractivity contribution in [3.05, 3.63) is 60.3 Å². The number of aryl methyl sites for hydroxylation is 2. The molecule has 2 unspecified atom stereocenters. The third-order valence-electron chi connectivity index (χ3n) is 9.88. The highest BCUT2D eigenvalue weighted by Crippen LogP contribution is 2.44. The standard InChI is InChI=1S/C44H60N2O4/c1-9-37-45-41-39(33-17-21-35(22-18-33)47-27-25-31(7)15-11-13-29(3)4)44-42(46-38(10-2)50-44)40(43(41)49-37)34-19-23-36(24-20-34)48-28-26-32(8)16-12-14-30(5)6/h17-24,29-32H,9-16,25-28H2,1-8H3. The van der Waals surface area contributed by atoms with Crippen molar-refractivity contribution in [3.63, 3.8) is 0 Å². The molecule has 6 heteroatoms. The summed E-state index contributed by atoms with van der Waals surface area (Å²) >= 11 is 0. The molecule has 0 spiro atoms. The number of hydrogen-bond donors (Lipinski definition) is 0. The molecule has 2 aromatic heterocycles. The Bertz CT molecular complexity index is 1580. The van der Waals surface area contributed by atoms with Crippen molar-refractivity contribution in [2.75, 3.05) is 13.2 Å². The summed E-state index contributed by atoms with van der Waals surface area (Å²) in [6.45, 7) is 19.4. The van der Waals surface area contributed by atoms with Crippen molar-refractivity contribution < 1.29 is 18.3 Å². The van der Waals surface area contributed by atoms with Crippen molar-refractivity contribution in [2.45, 2.75) is 120 Å². The second kappa shape index (κ2) is 17.9. The topological polar surface area (TPSA) is 70.5 Å². The number of oxazole rings is 2. The number of ether oxygens (including phenoxy) is 2. The summed E-state index contributed by atoms with van der Waals surface area (Å²) in [5, 5.41) is 0. The molecule has 0 saturated carbocycles. The van der Waals surface area contributed by atoms with Gasteiger partial charge in [-0.25, -0.2) is 9.97 Å². The minimum atomic E-state index is 0.661. The number of fused-ring (bicyclic) bond motifs is 2. The van der Waals surface area contributed by atoms with Gasteiger partial charge in [-0.15, -0.1) is 0 Å². The average Bonchev–Trinajstić information content (AvgIpc) is 3.72. The molecule has 0 radical (unpaired) electrons. The Labute approximate surface area is 300 Å². The smallest absolute Gasteiger partial charge is 0.195 e. The molecule has 0 aliphatic heterocycles. The second-order valence-corrected chi connectivity index (χ2v) is 15.2. The molecule has 50 heavy (non-hydrogen) atoms. The van der Waals surface area contributed by atoms with Crippen LogP contribution in [0, 0.1) is 23.7 Å². The first-order chi connectivity index (χ1) is 24.2. The maximum atomic E-state index is 6.48. The van der Waals surface area contributed by atoms with E-state index in [0.717, 1.165) is 93.8 Å². The maximum absolute atomic E-state index is 6.48. The van der Waals surface area contributed by atoms with Crippen LogP contribution in [0.25, 0.3) is 44.5 Å². The molecule has 0 aliphatic carbocycles. The van der Waals surface area contributed by atoms with Gasteiger partial charge in [-0.3, -0.25) is 0 Å². The van der Waals surface area contributed by atoms with Gasteiger partial charge in [0.05, 0.1) is 24.3 Å². The SMILES string of the molecule is CCc1nc2c(-c3ccc(OCCC(C)CCCC(C)C)cc3)c3oc(CC)nc3c(-c3ccc(OCCC(C)CCCC(C)C)cc3)c2o1. The fraction of sp³-hybridized carbons (Fsp3) is 0.545. The molecule has 0 fully saturated rings. The zero-order chi connectivity index (χ0) is 35.6. The van der Waals surface area contributed by atoms with Crippen LogP contribution in [0.3, 0.4) is 0 Å². The predicted octanol–water partition coefficient (Wildman–Crippen LogP) is 12.9. The fourth-order valence-electron chi connectivity index (χ4n) is 6.69. The first-order valence-corrected chi connectivity index (χ1v) is 19.4. The molecular weight excluding hydrogens is 620 g/mol. The molecule has 0 amide bonds. The van der Waals surface area contributed by atoms with Crippen LogP contribution in [0.5, 0.6) is 11.5 Å². The zero-order valence-electron chi connectivity index (χ0n) is 31.9. The average molecular weight is 681 g/mol. The molecular formula is C44H60N2O4. The fourth-order valence-corrected chi connectivity index (χ4v) is 6.69. The lowest BCUT2D eigenvalue weighted by Crippen LogP contribution is -2.04. The van der Waals surface area contributed by atoms with Crippen molar-refractivity contribution in [2.24, 2.45) is 23.7 Å². The lowest BCUT2D eigenvalue weighted by molar-refractivity contribution is 0.275. The maximum Gasteiger partial charge on any atom is 0.195 e. The van der Waals surface area contributed by atoms with Gasteiger partial charge in [0.15, 0.2) is 22.9 Å². The number of rotatable bonds is 20. The highest BCUT2D eigenvalue weighted by atomic mass is 16.5. The summed E-state index contributed by atoms with van der Waals surface area (Å²) in [5.41, 5.74) is 6.85. The summed E-state index contributed by atoms with van der Waals surface area (Å²) in [6.07, 6.45) is 11.2. The lowest BCUT2D eigenvalue weighted by Gasteiger charge is -2.14. The van der Waals surface area contributed by atoms with Crippen LogP contribution in [-0.2, 0) is 12.8 Å². The predicted molar refractivity (Wildman–Crippen MR) is 207 cm³/mol. The molecule has 0 bridgehead atoms. The lowest BCUT2D eigenvalue weighted by atomic mass is 9.96. The zero-order valence-corrected chi connectivity index (χ0v) is 31.9. The third-order valence-corrected chi connectivity index (χ3v) is 9.88. The van der Waals surface area contributed by atoms with Gasteiger partial charge in [-0.1, -0.05) is 118 Å². The molecule has 2 heterocycles. The van der Waals surface area contributed by atoms with Crippen molar-refractivity contribution in [1.82, 2.24) is 9.97 Å².